The number of halogens is 1. The number of ether oxygens (including phenoxy) is 1. The van der Waals surface area contributed by atoms with Gasteiger partial charge in [0.1, 0.15) is 11.9 Å². The Labute approximate surface area is 132 Å². The molecule has 1 aromatic rings. The van der Waals surface area contributed by atoms with Crippen LogP contribution in [0.3, 0.4) is 0 Å². The van der Waals surface area contributed by atoms with Crippen molar-refractivity contribution in [3.63, 3.8) is 0 Å². The standard InChI is InChI=1S/C17H26ClNO2/c1-3-10-19-12(2)13-8-9-16(14(18)11-13)21-17-7-5-4-6-15(17)20/h8-9,11-12,15,17,19-20H,3-7,10H2,1-2H3. The van der Waals surface area contributed by atoms with E-state index in [0.717, 1.165) is 44.2 Å². The number of benzene rings is 1. The molecule has 3 unspecified atom stereocenters. The Kier molecular flexibility index (Phi) is 6.34. The van der Waals surface area contributed by atoms with E-state index in [1.54, 1.807) is 0 Å². The minimum Gasteiger partial charge on any atom is -0.486 e. The van der Waals surface area contributed by atoms with Gasteiger partial charge in [-0.2, -0.15) is 0 Å². The maximum absolute atomic E-state index is 9.98. The molecule has 0 saturated heterocycles. The van der Waals surface area contributed by atoms with Crippen molar-refractivity contribution in [3.8, 4) is 5.75 Å². The van der Waals surface area contributed by atoms with Crippen molar-refractivity contribution in [1.82, 2.24) is 5.32 Å². The second-order valence-electron chi connectivity index (χ2n) is 5.87. The van der Waals surface area contributed by atoms with Crippen molar-refractivity contribution < 1.29 is 9.84 Å². The second-order valence-corrected chi connectivity index (χ2v) is 6.28. The molecule has 4 heteroatoms. The molecule has 0 spiro atoms. The fourth-order valence-corrected chi connectivity index (χ4v) is 2.97. The summed E-state index contributed by atoms with van der Waals surface area (Å²) in [5.41, 5.74) is 1.16. The Bertz CT molecular complexity index is 452. The molecule has 1 saturated carbocycles. The van der Waals surface area contributed by atoms with Crippen molar-refractivity contribution in [3.05, 3.63) is 28.8 Å². The summed E-state index contributed by atoms with van der Waals surface area (Å²) in [5, 5.41) is 14.0. The molecule has 0 aromatic heterocycles. The monoisotopic (exact) mass is 311 g/mol. The van der Waals surface area contributed by atoms with Gasteiger partial charge in [0.05, 0.1) is 11.1 Å². The summed E-state index contributed by atoms with van der Waals surface area (Å²) < 4.78 is 5.91. The lowest BCUT2D eigenvalue weighted by atomic mass is 9.95. The topological polar surface area (TPSA) is 41.5 Å². The van der Waals surface area contributed by atoms with Crippen molar-refractivity contribution in [2.75, 3.05) is 6.54 Å². The number of nitrogens with one attached hydrogen (secondary N) is 1. The molecular weight excluding hydrogens is 286 g/mol. The first-order valence-corrected chi connectivity index (χ1v) is 8.37. The summed E-state index contributed by atoms with van der Waals surface area (Å²) >= 11 is 6.34. The molecule has 3 nitrogen and oxygen atoms in total. The Balaban J connectivity index is 2.01. The first-order valence-electron chi connectivity index (χ1n) is 7.99. The number of aliphatic hydroxyl groups excluding tert-OH is 1. The fraction of sp³-hybridized carbons (Fsp3) is 0.647. The van der Waals surface area contributed by atoms with Crippen molar-refractivity contribution >= 4 is 11.6 Å². The maximum Gasteiger partial charge on any atom is 0.138 e. The predicted octanol–water partition coefficient (Wildman–Crippen LogP) is 4.08. The summed E-state index contributed by atoms with van der Waals surface area (Å²) in [6.45, 7) is 5.27. The van der Waals surface area contributed by atoms with Gasteiger partial charge in [0.25, 0.3) is 0 Å². The van der Waals surface area contributed by atoms with Gasteiger partial charge in [0.2, 0.25) is 0 Å². The molecule has 3 atom stereocenters. The van der Waals surface area contributed by atoms with E-state index in [1.165, 1.54) is 0 Å². The summed E-state index contributed by atoms with van der Waals surface area (Å²) in [5.74, 6) is 0.675. The van der Waals surface area contributed by atoms with Crippen LogP contribution < -0.4 is 10.1 Å². The minimum atomic E-state index is -0.375. The highest BCUT2D eigenvalue weighted by Crippen LogP contribution is 2.31. The van der Waals surface area contributed by atoms with E-state index >= 15 is 0 Å². The third kappa shape index (κ3) is 4.60. The molecule has 1 aromatic carbocycles. The van der Waals surface area contributed by atoms with Gasteiger partial charge in [0, 0.05) is 6.04 Å². The lowest BCUT2D eigenvalue weighted by Crippen LogP contribution is -2.34. The van der Waals surface area contributed by atoms with Crippen LogP contribution in [0.25, 0.3) is 0 Å². The van der Waals surface area contributed by atoms with E-state index in [-0.39, 0.29) is 18.2 Å². The molecule has 2 N–H and O–H groups in total. The van der Waals surface area contributed by atoms with E-state index in [0.29, 0.717) is 10.8 Å². The van der Waals surface area contributed by atoms with Crippen molar-refractivity contribution in [2.45, 2.75) is 64.2 Å². The first-order chi connectivity index (χ1) is 10.1. The molecule has 0 heterocycles. The number of hydrogen-bond donors (Lipinski definition) is 2. The van der Waals surface area contributed by atoms with E-state index in [2.05, 4.69) is 19.2 Å². The van der Waals surface area contributed by atoms with E-state index in [4.69, 9.17) is 16.3 Å². The maximum atomic E-state index is 9.98. The molecule has 2 rings (SSSR count). The number of aliphatic hydroxyl groups is 1. The largest absolute Gasteiger partial charge is 0.486 e. The minimum absolute atomic E-state index is 0.127. The predicted molar refractivity (Wildman–Crippen MR) is 87.1 cm³/mol. The van der Waals surface area contributed by atoms with E-state index < -0.39 is 0 Å². The molecule has 118 valence electrons. The molecule has 0 aliphatic heterocycles. The zero-order chi connectivity index (χ0) is 15.2. The van der Waals surface area contributed by atoms with Crippen LogP contribution >= 0.6 is 11.6 Å². The lowest BCUT2D eigenvalue weighted by molar-refractivity contribution is 0.00692. The van der Waals surface area contributed by atoms with Crippen LogP contribution in [0.2, 0.25) is 5.02 Å². The van der Waals surface area contributed by atoms with Crippen molar-refractivity contribution in [2.24, 2.45) is 0 Å². The van der Waals surface area contributed by atoms with Gasteiger partial charge >= 0.3 is 0 Å². The average molecular weight is 312 g/mol. The molecule has 0 bridgehead atoms. The molecule has 21 heavy (non-hydrogen) atoms. The lowest BCUT2D eigenvalue weighted by Gasteiger charge is -2.28. The zero-order valence-corrected chi connectivity index (χ0v) is 13.7. The summed E-state index contributed by atoms with van der Waals surface area (Å²) in [6, 6.07) is 6.20. The van der Waals surface area contributed by atoms with Gasteiger partial charge < -0.3 is 15.2 Å². The van der Waals surface area contributed by atoms with Gasteiger partial charge in [-0.25, -0.2) is 0 Å². The summed E-state index contributed by atoms with van der Waals surface area (Å²) in [7, 11) is 0. The van der Waals surface area contributed by atoms with Crippen LogP contribution in [0.4, 0.5) is 0 Å². The van der Waals surface area contributed by atoms with Gasteiger partial charge in [-0.3, -0.25) is 0 Å². The number of rotatable bonds is 6. The van der Waals surface area contributed by atoms with Crippen LogP contribution in [0.5, 0.6) is 5.75 Å². The van der Waals surface area contributed by atoms with Crippen LogP contribution in [0.1, 0.15) is 57.6 Å². The van der Waals surface area contributed by atoms with Gasteiger partial charge in [-0.05, 0) is 56.8 Å². The van der Waals surface area contributed by atoms with Crippen LogP contribution in [-0.4, -0.2) is 23.9 Å². The highest BCUT2D eigenvalue weighted by Gasteiger charge is 2.25. The second kappa shape index (κ2) is 8.02. The number of hydrogen-bond acceptors (Lipinski definition) is 3. The fourth-order valence-electron chi connectivity index (χ4n) is 2.74. The summed E-state index contributed by atoms with van der Waals surface area (Å²) in [4.78, 5) is 0. The van der Waals surface area contributed by atoms with Gasteiger partial charge in [-0.1, -0.05) is 31.0 Å². The first kappa shape index (κ1) is 16.6. The molecular formula is C17H26ClNO2. The molecule has 1 aliphatic carbocycles. The quantitative estimate of drug-likeness (QED) is 0.831. The molecule has 0 radical (unpaired) electrons. The van der Waals surface area contributed by atoms with E-state index in [9.17, 15) is 5.11 Å². The van der Waals surface area contributed by atoms with Crippen molar-refractivity contribution in [1.29, 1.82) is 0 Å². The Morgan fingerprint density at radius 2 is 2.14 bits per heavy atom. The molecule has 1 aliphatic rings. The highest BCUT2D eigenvalue weighted by atomic mass is 35.5. The smallest absolute Gasteiger partial charge is 0.138 e. The average Bonchev–Trinajstić information content (AvgIpc) is 2.49. The third-order valence-corrected chi connectivity index (χ3v) is 4.40. The normalized spacial score (nSPS) is 23.8. The van der Waals surface area contributed by atoms with Crippen LogP contribution in [0.15, 0.2) is 18.2 Å². The van der Waals surface area contributed by atoms with Crippen LogP contribution in [-0.2, 0) is 0 Å². The zero-order valence-electron chi connectivity index (χ0n) is 12.9. The molecule has 1 fully saturated rings. The third-order valence-electron chi connectivity index (χ3n) is 4.10. The molecule has 0 amide bonds. The SMILES string of the molecule is CCCNC(C)c1ccc(OC2CCCCC2O)c(Cl)c1. The van der Waals surface area contributed by atoms with E-state index in [1.807, 2.05) is 18.2 Å². The van der Waals surface area contributed by atoms with Crippen LogP contribution in [0, 0.1) is 0 Å². The summed E-state index contributed by atoms with van der Waals surface area (Å²) in [6.07, 6.45) is 4.51. The Hall–Kier alpha value is -0.770. The van der Waals surface area contributed by atoms with Gasteiger partial charge in [0.15, 0.2) is 0 Å². The highest BCUT2D eigenvalue weighted by molar-refractivity contribution is 6.32. The van der Waals surface area contributed by atoms with Gasteiger partial charge in [-0.15, -0.1) is 0 Å². The Morgan fingerprint density at radius 1 is 1.38 bits per heavy atom. The Morgan fingerprint density at radius 3 is 2.81 bits per heavy atom.